The molecule has 0 radical (unpaired) electrons. The second kappa shape index (κ2) is 6.35. The molecule has 2 aliphatic rings. The highest BCUT2D eigenvalue weighted by Gasteiger charge is 2.55. The molecule has 7 heteroatoms. The van der Waals surface area contributed by atoms with E-state index in [2.05, 4.69) is 15.1 Å². The standard InChI is InChI=1S/C17H20ClN3O3/c1-12-19-20-16(24-12)17-10-21(8-13(17)9-22-11-17)6-7-23-15-5-3-2-4-14(15)18/h2-5,13H,6-11H2,1H3/t13-,17-/m0/s1. The van der Waals surface area contributed by atoms with Gasteiger partial charge in [-0.3, -0.25) is 4.90 Å². The lowest BCUT2D eigenvalue weighted by atomic mass is 9.81. The van der Waals surface area contributed by atoms with Crippen molar-refractivity contribution in [3.63, 3.8) is 0 Å². The lowest BCUT2D eigenvalue weighted by Crippen LogP contribution is -2.36. The first-order chi connectivity index (χ1) is 11.7. The molecule has 2 fully saturated rings. The van der Waals surface area contributed by atoms with Crippen LogP contribution in [-0.4, -0.2) is 54.6 Å². The number of likely N-dealkylation sites (tertiary alicyclic amines) is 1. The summed E-state index contributed by atoms with van der Waals surface area (Å²) in [5.41, 5.74) is -0.175. The van der Waals surface area contributed by atoms with Gasteiger partial charge in [-0.2, -0.15) is 0 Å². The third kappa shape index (κ3) is 2.79. The monoisotopic (exact) mass is 349 g/mol. The van der Waals surface area contributed by atoms with Gasteiger partial charge in [0.1, 0.15) is 12.4 Å². The largest absolute Gasteiger partial charge is 0.491 e. The van der Waals surface area contributed by atoms with Crippen LogP contribution in [0.15, 0.2) is 28.7 Å². The van der Waals surface area contributed by atoms with E-state index >= 15 is 0 Å². The molecule has 0 aliphatic carbocycles. The van der Waals surface area contributed by atoms with E-state index in [9.17, 15) is 0 Å². The van der Waals surface area contributed by atoms with Crippen molar-refractivity contribution >= 4 is 11.6 Å². The van der Waals surface area contributed by atoms with E-state index in [0.29, 0.717) is 35.9 Å². The average molecular weight is 350 g/mol. The number of para-hydroxylation sites is 1. The molecule has 0 bridgehead atoms. The molecule has 0 N–H and O–H groups in total. The minimum absolute atomic E-state index is 0.175. The summed E-state index contributed by atoms with van der Waals surface area (Å²) < 4.78 is 17.3. The van der Waals surface area contributed by atoms with Gasteiger partial charge in [0.25, 0.3) is 0 Å². The van der Waals surface area contributed by atoms with Gasteiger partial charge >= 0.3 is 0 Å². The van der Waals surface area contributed by atoms with E-state index in [1.54, 1.807) is 0 Å². The van der Waals surface area contributed by atoms with E-state index in [0.717, 1.165) is 32.0 Å². The van der Waals surface area contributed by atoms with Crippen molar-refractivity contribution in [2.24, 2.45) is 5.92 Å². The number of aryl methyl sites for hydroxylation is 1. The molecule has 3 heterocycles. The van der Waals surface area contributed by atoms with Crippen LogP contribution in [0, 0.1) is 12.8 Å². The van der Waals surface area contributed by atoms with Crippen molar-refractivity contribution in [2.75, 3.05) is 39.5 Å². The fourth-order valence-electron chi connectivity index (χ4n) is 3.66. The van der Waals surface area contributed by atoms with Crippen molar-refractivity contribution in [3.05, 3.63) is 41.1 Å². The summed E-state index contributed by atoms with van der Waals surface area (Å²) in [5, 5.41) is 8.90. The van der Waals surface area contributed by atoms with Crippen LogP contribution in [0.5, 0.6) is 5.75 Å². The summed E-state index contributed by atoms with van der Waals surface area (Å²) >= 11 is 6.12. The van der Waals surface area contributed by atoms with Crippen LogP contribution in [0.3, 0.4) is 0 Å². The van der Waals surface area contributed by atoms with Crippen molar-refractivity contribution in [1.29, 1.82) is 0 Å². The fraction of sp³-hybridized carbons (Fsp3) is 0.529. The number of ether oxygens (including phenoxy) is 2. The number of rotatable bonds is 5. The number of nitrogens with zero attached hydrogens (tertiary/aromatic N) is 3. The molecule has 6 nitrogen and oxygen atoms in total. The number of fused-ring (bicyclic) bond motifs is 1. The zero-order chi connectivity index (χ0) is 16.6. The summed E-state index contributed by atoms with van der Waals surface area (Å²) in [4.78, 5) is 2.38. The van der Waals surface area contributed by atoms with Crippen molar-refractivity contribution in [3.8, 4) is 5.75 Å². The molecule has 0 unspecified atom stereocenters. The first-order valence-electron chi connectivity index (χ1n) is 8.15. The van der Waals surface area contributed by atoms with Gasteiger partial charge in [-0.15, -0.1) is 10.2 Å². The molecular weight excluding hydrogens is 330 g/mol. The molecule has 2 aliphatic heterocycles. The van der Waals surface area contributed by atoms with Gasteiger partial charge in [0, 0.05) is 32.5 Å². The summed E-state index contributed by atoms with van der Waals surface area (Å²) in [6, 6.07) is 7.54. The minimum atomic E-state index is -0.175. The molecule has 0 spiro atoms. The molecule has 0 saturated carbocycles. The minimum Gasteiger partial charge on any atom is -0.491 e. The Morgan fingerprint density at radius 1 is 1.38 bits per heavy atom. The maximum atomic E-state index is 6.12. The molecule has 2 atom stereocenters. The zero-order valence-corrected chi connectivity index (χ0v) is 14.3. The maximum Gasteiger partial charge on any atom is 0.226 e. The van der Waals surface area contributed by atoms with E-state index < -0.39 is 0 Å². The number of hydrogen-bond donors (Lipinski definition) is 0. The van der Waals surface area contributed by atoms with Crippen LogP contribution in [0.25, 0.3) is 0 Å². The Labute approximate surface area is 145 Å². The van der Waals surface area contributed by atoms with E-state index in [4.69, 9.17) is 25.5 Å². The Bertz CT molecular complexity index is 723. The predicted octanol–water partition coefficient (Wildman–Crippen LogP) is 2.31. The Balaban J connectivity index is 1.39. The third-order valence-corrected chi connectivity index (χ3v) is 5.21. The lowest BCUT2D eigenvalue weighted by molar-refractivity contribution is 0.135. The predicted molar refractivity (Wildman–Crippen MR) is 88.4 cm³/mol. The Hall–Kier alpha value is -1.63. The fourth-order valence-corrected chi connectivity index (χ4v) is 3.85. The molecule has 2 aromatic rings. The van der Waals surface area contributed by atoms with Crippen LogP contribution in [0.2, 0.25) is 5.02 Å². The molecule has 0 amide bonds. The van der Waals surface area contributed by atoms with Crippen molar-refractivity contribution in [2.45, 2.75) is 12.3 Å². The molecular formula is C17H20ClN3O3. The van der Waals surface area contributed by atoms with Crippen LogP contribution < -0.4 is 4.74 Å². The number of hydrogen-bond acceptors (Lipinski definition) is 6. The third-order valence-electron chi connectivity index (χ3n) is 4.90. The summed E-state index contributed by atoms with van der Waals surface area (Å²) in [7, 11) is 0. The highest BCUT2D eigenvalue weighted by atomic mass is 35.5. The van der Waals surface area contributed by atoms with Gasteiger partial charge in [-0.1, -0.05) is 23.7 Å². The van der Waals surface area contributed by atoms with Gasteiger partial charge in [0.05, 0.1) is 23.7 Å². The Kier molecular flexibility index (Phi) is 4.20. The van der Waals surface area contributed by atoms with Crippen molar-refractivity contribution in [1.82, 2.24) is 15.1 Å². The van der Waals surface area contributed by atoms with Crippen molar-refractivity contribution < 1.29 is 13.9 Å². The Morgan fingerprint density at radius 3 is 3.04 bits per heavy atom. The SMILES string of the molecule is Cc1nnc([C@@]23COC[C@@H]2CN(CCOc2ccccc2Cl)C3)o1. The first-order valence-corrected chi connectivity index (χ1v) is 8.53. The summed E-state index contributed by atoms with van der Waals surface area (Å²) in [5.74, 6) is 2.42. The Morgan fingerprint density at radius 2 is 2.25 bits per heavy atom. The lowest BCUT2D eigenvalue weighted by Gasteiger charge is -2.23. The van der Waals surface area contributed by atoms with Gasteiger partial charge in [-0.25, -0.2) is 0 Å². The summed E-state index contributed by atoms with van der Waals surface area (Å²) in [6.07, 6.45) is 0. The summed E-state index contributed by atoms with van der Waals surface area (Å²) in [6.45, 7) is 6.43. The highest BCUT2D eigenvalue weighted by Crippen LogP contribution is 2.43. The second-order valence-corrected chi connectivity index (χ2v) is 6.92. The van der Waals surface area contributed by atoms with E-state index in [-0.39, 0.29) is 5.41 Å². The molecule has 4 rings (SSSR count). The number of halogens is 1. The van der Waals surface area contributed by atoms with Crippen LogP contribution in [-0.2, 0) is 10.2 Å². The van der Waals surface area contributed by atoms with E-state index in [1.165, 1.54) is 0 Å². The second-order valence-electron chi connectivity index (χ2n) is 6.51. The van der Waals surface area contributed by atoms with Gasteiger partial charge in [-0.05, 0) is 12.1 Å². The molecule has 2 saturated heterocycles. The van der Waals surface area contributed by atoms with Crippen LogP contribution >= 0.6 is 11.6 Å². The number of benzene rings is 1. The highest BCUT2D eigenvalue weighted by molar-refractivity contribution is 6.32. The molecule has 24 heavy (non-hydrogen) atoms. The first kappa shape index (κ1) is 15.9. The zero-order valence-electron chi connectivity index (χ0n) is 13.6. The van der Waals surface area contributed by atoms with Gasteiger partial charge < -0.3 is 13.9 Å². The maximum absolute atomic E-state index is 6.12. The molecule has 128 valence electrons. The van der Waals surface area contributed by atoms with E-state index in [1.807, 2.05) is 31.2 Å². The average Bonchev–Trinajstić information content (AvgIpc) is 3.23. The molecule has 1 aromatic carbocycles. The smallest absolute Gasteiger partial charge is 0.226 e. The molecule has 1 aromatic heterocycles. The number of aromatic nitrogens is 2. The van der Waals surface area contributed by atoms with Crippen LogP contribution in [0.4, 0.5) is 0 Å². The van der Waals surface area contributed by atoms with Gasteiger partial charge in [0.15, 0.2) is 0 Å². The normalized spacial score (nSPS) is 26.7. The topological polar surface area (TPSA) is 60.6 Å². The van der Waals surface area contributed by atoms with Crippen LogP contribution in [0.1, 0.15) is 11.8 Å². The van der Waals surface area contributed by atoms with Gasteiger partial charge in [0.2, 0.25) is 11.8 Å². The quantitative estimate of drug-likeness (QED) is 0.825.